The molecule has 106 valence electrons. The minimum absolute atomic E-state index is 0.194. The molecule has 19 heavy (non-hydrogen) atoms. The fourth-order valence-electron chi connectivity index (χ4n) is 1.89. The molecule has 1 atom stereocenters. The average Bonchev–Trinajstić information content (AvgIpc) is 2.45. The summed E-state index contributed by atoms with van der Waals surface area (Å²) in [5.74, 6) is 0.694. The van der Waals surface area contributed by atoms with Crippen molar-refractivity contribution in [2.75, 3.05) is 32.2 Å². The molecule has 1 aromatic carbocycles. The maximum atomic E-state index is 9.79. The quantitative estimate of drug-likeness (QED) is 0.758. The van der Waals surface area contributed by atoms with Crippen molar-refractivity contribution in [1.82, 2.24) is 0 Å². The fourth-order valence-corrected chi connectivity index (χ4v) is 1.89. The first kappa shape index (κ1) is 14.1. The lowest BCUT2D eigenvalue weighted by Gasteiger charge is -2.23. The van der Waals surface area contributed by atoms with Crippen LogP contribution < -0.4 is 10.5 Å². The van der Waals surface area contributed by atoms with Crippen molar-refractivity contribution in [2.45, 2.75) is 25.0 Å². The molecule has 0 aliphatic carbocycles. The van der Waals surface area contributed by atoms with Crippen molar-refractivity contribution in [1.29, 1.82) is 0 Å². The van der Waals surface area contributed by atoms with E-state index in [2.05, 4.69) is 0 Å². The van der Waals surface area contributed by atoms with Crippen LogP contribution in [0.4, 0.5) is 5.69 Å². The molecule has 1 heterocycles. The molecule has 1 aromatic rings. The smallest absolute Gasteiger partial charge is 0.119 e. The normalized spacial score (nSPS) is 18.2. The van der Waals surface area contributed by atoms with Crippen LogP contribution in [0, 0.1) is 0 Å². The van der Waals surface area contributed by atoms with Gasteiger partial charge in [0.05, 0.1) is 12.7 Å². The van der Waals surface area contributed by atoms with E-state index in [1.165, 1.54) is 0 Å². The second kappa shape index (κ2) is 7.33. The second-order valence-corrected chi connectivity index (χ2v) is 4.68. The van der Waals surface area contributed by atoms with Crippen LogP contribution in [-0.4, -0.2) is 43.7 Å². The molecule has 1 aliphatic heterocycles. The van der Waals surface area contributed by atoms with Gasteiger partial charge in [0.2, 0.25) is 0 Å². The Bertz CT molecular complexity index is 362. The number of nitrogen functional groups attached to an aromatic ring is 1. The van der Waals surface area contributed by atoms with Gasteiger partial charge in [-0.05, 0) is 37.1 Å². The third-order valence-electron chi connectivity index (χ3n) is 3.02. The summed E-state index contributed by atoms with van der Waals surface area (Å²) >= 11 is 0. The van der Waals surface area contributed by atoms with Crippen molar-refractivity contribution in [2.24, 2.45) is 0 Å². The molecule has 0 aromatic heterocycles. The van der Waals surface area contributed by atoms with Gasteiger partial charge in [-0.15, -0.1) is 0 Å². The van der Waals surface area contributed by atoms with Crippen LogP contribution in [0.1, 0.15) is 12.8 Å². The predicted octanol–water partition coefficient (Wildman–Crippen LogP) is 1.20. The van der Waals surface area contributed by atoms with Gasteiger partial charge in [-0.2, -0.15) is 0 Å². The number of aliphatic hydroxyl groups is 1. The Morgan fingerprint density at radius 3 is 2.58 bits per heavy atom. The van der Waals surface area contributed by atoms with Gasteiger partial charge in [-0.3, -0.25) is 0 Å². The zero-order chi connectivity index (χ0) is 13.5. The maximum Gasteiger partial charge on any atom is 0.119 e. The molecule has 1 unspecified atom stereocenters. The number of aliphatic hydroxyl groups excluding tert-OH is 1. The molecular formula is C14H21NO4. The van der Waals surface area contributed by atoms with E-state index in [1.54, 1.807) is 24.3 Å². The summed E-state index contributed by atoms with van der Waals surface area (Å²) in [5.41, 5.74) is 6.27. The number of nitrogens with two attached hydrogens (primary N) is 1. The molecular weight excluding hydrogens is 246 g/mol. The minimum Gasteiger partial charge on any atom is -0.491 e. The van der Waals surface area contributed by atoms with Crippen molar-refractivity contribution < 1.29 is 19.3 Å². The van der Waals surface area contributed by atoms with E-state index in [1.807, 2.05) is 0 Å². The largest absolute Gasteiger partial charge is 0.491 e. The fraction of sp³-hybridized carbons (Fsp3) is 0.571. The highest BCUT2D eigenvalue weighted by molar-refractivity contribution is 5.41. The van der Waals surface area contributed by atoms with Crippen LogP contribution in [0.25, 0.3) is 0 Å². The molecule has 5 nitrogen and oxygen atoms in total. The van der Waals surface area contributed by atoms with Crippen molar-refractivity contribution in [3.63, 3.8) is 0 Å². The monoisotopic (exact) mass is 267 g/mol. The van der Waals surface area contributed by atoms with E-state index in [0.717, 1.165) is 26.1 Å². The number of hydrogen-bond acceptors (Lipinski definition) is 5. The van der Waals surface area contributed by atoms with Crippen LogP contribution in [-0.2, 0) is 9.47 Å². The molecule has 3 N–H and O–H groups in total. The maximum absolute atomic E-state index is 9.79. The Morgan fingerprint density at radius 1 is 1.21 bits per heavy atom. The lowest BCUT2D eigenvalue weighted by molar-refractivity contribution is -0.0659. The highest BCUT2D eigenvalue weighted by Gasteiger charge is 2.16. The van der Waals surface area contributed by atoms with Gasteiger partial charge in [0, 0.05) is 18.9 Å². The molecule has 2 rings (SSSR count). The van der Waals surface area contributed by atoms with E-state index >= 15 is 0 Å². The Morgan fingerprint density at radius 2 is 1.89 bits per heavy atom. The summed E-state index contributed by atoms with van der Waals surface area (Å²) in [7, 11) is 0. The van der Waals surface area contributed by atoms with Crippen LogP contribution in [0.15, 0.2) is 24.3 Å². The van der Waals surface area contributed by atoms with Gasteiger partial charge in [-0.1, -0.05) is 0 Å². The number of rotatable bonds is 6. The molecule has 0 bridgehead atoms. The topological polar surface area (TPSA) is 73.9 Å². The molecule has 1 aliphatic rings. The summed E-state index contributed by atoms with van der Waals surface area (Å²) < 4.78 is 16.3. The van der Waals surface area contributed by atoms with Crippen LogP contribution in [0.3, 0.4) is 0 Å². The van der Waals surface area contributed by atoms with E-state index in [-0.39, 0.29) is 12.7 Å². The number of benzene rings is 1. The third-order valence-corrected chi connectivity index (χ3v) is 3.02. The minimum atomic E-state index is -0.625. The third kappa shape index (κ3) is 5.06. The summed E-state index contributed by atoms with van der Waals surface area (Å²) in [4.78, 5) is 0. The van der Waals surface area contributed by atoms with Gasteiger partial charge in [-0.25, -0.2) is 0 Å². The van der Waals surface area contributed by atoms with Gasteiger partial charge < -0.3 is 25.1 Å². The lowest BCUT2D eigenvalue weighted by Crippen LogP contribution is -2.30. The SMILES string of the molecule is Nc1ccc(OCC(O)COC2CCOCC2)cc1. The molecule has 0 amide bonds. The Kier molecular flexibility index (Phi) is 5.44. The van der Waals surface area contributed by atoms with Crippen LogP contribution in [0.2, 0.25) is 0 Å². The Balaban J connectivity index is 1.63. The van der Waals surface area contributed by atoms with Gasteiger partial charge >= 0.3 is 0 Å². The average molecular weight is 267 g/mol. The van der Waals surface area contributed by atoms with E-state index < -0.39 is 6.10 Å². The van der Waals surface area contributed by atoms with Gasteiger partial charge in [0.1, 0.15) is 18.5 Å². The lowest BCUT2D eigenvalue weighted by atomic mass is 10.1. The molecule has 0 saturated carbocycles. The second-order valence-electron chi connectivity index (χ2n) is 4.68. The standard InChI is InChI=1S/C14H21NO4/c15-11-1-3-13(4-2-11)18-9-12(16)10-19-14-5-7-17-8-6-14/h1-4,12,14,16H,5-10,15H2. The molecule has 0 radical (unpaired) electrons. The number of hydrogen-bond donors (Lipinski definition) is 2. The number of ether oxygens (including phenoxy) is 3. The first-order valence-electron chi connectivity index (χ1n) is 6.60. The van der Waals surface area contributed by atoms with E-state index in [0.29, 0.717) is 18.0 Å². The van der Waals surface area contributed by atoms with Crippen LogP contribution >= 0.6 is 0 Å². The van der Waals surface area contributed by atoms with Crippen molar-refractivity contribution >= 4 is 5.69 Å². The van der Waals surface area contributed by atoms with E-state index in [9.17, 15) is 5.11 Å². The molecule has 0 spiro atoms. The first-order chi connectivity index (χ1) is 9.24. The molecule has 1 fully saturated rings. The highest BCUT2D eigenvalue weighted by Crippen LogP contribution is 2.14. The predicted molar refractivity (Wildman–Crippen MR) is 72.1 cm³/mol. The highest BCUT2D eigenvalue weighted by atomic mass is 16.5. The summed E-state index contributed by atoms with van der Waals surface area (Å²) in [6, 6.07) is 7.09. The first-order valence-corrected chi connectivity index (χ1v) is 6.60. The Labute approximate surface area is 113 Å². The Hall–Kier alpha value is -1.30. The van der Waals surface area contributed by atoms with E-state index in [4.69, 9.17) is 19.9 Å². The molecule has 5 heteroatoms. The summed E-state index contributed by atoms with van der Waals surface area (Å²) in [6.45, 7) is 1.98. The molecule has 1 saturated heterocycles. The zero-order valence-corrected chi connectivity index (χ0v) is 11.0. The van der Waals surface area contributed by atoms with Crippen molar-refractivity contribution in [3.05, 3.63) is 24.3 Å². The summed E-state index contributed by atoms with van der Waals surface area (Å²) in [6.07, 6.45) is 1.36. The summed E-state index contributed by atoms with van der Waals surface area (Å²) in [5, 5.41) is 9.79. The van der Waals surface area contributed by atoms with Crippen molar-refractivity contribution in [3.8, 4) is 5.75 Å². The number of anilines is 1. The zero-order valence-electron chi connectivity index (χ0n) is 11.0. The van der Waals surface area contributed by atoms with Gasteiger partial charge in [0.25, 0.3) is 0 Å². The van der Waals surface area contributed by atoms with Gasteiger partial charge in [0.15, 0.2) is 0 Å². The van der Waals surface area contributed by atoms with Crippen LogP contribution in [0.5, 0.6) is 5.75 Å².